The van der Waals surface area contributed by atoms with Crippen molar-refractivity contribution in [2.24, 2.45) is 0 Å². The third kappa shape index (κ3) is 4.43. The molecule has 0 saturated heterocycles. The molecule has 0 bridgehead atoms. The molecule has 3 aromatic rings. The number of carbonyl (C=O) groups excluding carboxylic acids is 1. The fourth-order valence-electron chi connectivity index (χ4n) is 3.18. The summed E-state index contributed by atoms with van der Waals surface area (Å²) in [5.41, 5.74) is 1.45. The lowest BCUT2D eigenvalue weighted by Crippen LogP contribution is -2.41. The molecule has 0 saturated carbocycles. The minimum absolute atomic E-state index is 0.317. The van der Waals surface area contributed by atoms with Crippen molar-refractivity contribution in [1.29, 1.82) is 0 Å². The number of amides is 1. The third-order valence-electron chi connectivity index (χ3n) is 4.54. The number of aryl methyl sites for hydroxylation is 2. The van der Waals surface area contributed by atoms with Crippen molar-refractivity contribution in [2.45, 2.75) is 20.4 Å². The number of carbonyl (C=O) groups is 1. The number of nitrogens with zero attached hydrogens (tertiary/aromatic N) is 2. The largest absolute Gasteiger partial charge is 0.497 e. The van der Waals surface area contributed by atoms with Gasteiger partial charge in [0.2, 0.25) is 5.91 Å². The van der Waals surface area contributed by atoms with Crippen molar-refractivity contribution in [1.82, 2.24) is 9.13 Å². The molecule has 0 radical (unpaired) electrons. The maximum absolute atomic E-state index is 12.6. The van der Waals surface area contributed by atoms with E-state index in [0.717, 1.165) is 15.7 Å². The number of anilines is 1. The Labute approximate surface area is 173 Å². The molecule has 0 fully saturated rings. The predicted octanol–water partition coefficient (Wildman–Crippen LogP) is 2.27. The minimum Gasteiger partial charge on any atom is -0.497 e. The smallest absolute Gasteiger partial charge is 0.320 e. The van der Waals surface area contributed by atoms with Gasteiger partial charge >= 0.3 is 11.1 Å². The number of rotatable bonds is 6. The quantitative estimate of drug-likeness (QED) is 0.631. The summed E-state index contributed by atoms with van der Waals surface area (Å²) in [5, 5.41) is 2.68. The summed E-state index contributed by atoms with van der Waals surface area (Å²) >= 11 is 0. The zero-order valence-electron chi connectivity index (χ0n) is 17.3. The molecule has 0 unspecified atom stereocenters. The van der Waals surface area contributed by atoms with Gasteiger partial charge in [-0.25, -0.2) is 0 Å². The van der Waals surface area contributed by atoms with E-state index in [1.54, 1.807) is 18.2 Å². The van der Waals surface area contributed by atoms with Gasteiger partial charge < -0.3 is 14.8 Å². The second-order valence-electron chi connectivity index (χ2n) is 6.87. The van der Waals surface area contributed by atoms with E-state index in [-0.39, 0.29) is 6.54 Å². The second-order valence-corrected chi connectivity index (χ2v) is 6.87. The zero-order chi connectivity index (χ0) is 21.8. The first-order valence-corrected chi connectivity index (χ1v) is 9.25. The summed E-state index contributed by atoms with van der Waals surface area (Å²) in [7, 11) is 2.99. The lowest BCUT2D eigenvalue weighted by atomic mass is 10.1. The summed E-state index contributed by atoms with van der Waals surface area (Å²) in [5.74, 6) is 0.508. The minimum atomic E-state index is -0.788. The van der Waals surface area contributed by atoms with Crippen LogP contribution in [0.15, 0.2) is 58.4 Å². The zero-order valence-corrected chi connectivity index (χ0v) is 17.3. The first-order valence-electron chi connectivity index (χ1n) is 9.25. The van der Waals surface area contributed by atoms with E-state index in [1.807, 2.05) is 32.0 Å². The van der Waals surface area contributed by atoms with Crippen molar-refractivity contribution >= 4 is 11.6 Å². The van der Waals surface area contributed by atoms with Crippen LogP contribution in [0.4, 0.5) is 5.69 Å². The van der Waals surface area contributed by atoms with E-state index in [4.69, 9.17) is 9.47 Å². The fourth-order valence-corrected chi connectivity index (χ4v) is 3.18. The van der Waals surface area contributed by atoms with E-state index in [2.05, 4.69) is 5.32 Å². The summed E-state index contributed by atoms with van der Waals surface area (Å²) in [6.45, 7) is 3.52. The maximum Gasteiger partial charge on any atom is 0.320 e. The Balaban J connectivity index is 1.86. The molecule has 30 heavy (non-hydrogen) atoms. The van der Waals surface area contributed by atoms with Gasteiger partial charge in [0.1, 0.15) is 18.0 Å². The number of aromatic nitrogens is 2. The first-order chi connectivity index (χ1) is 14.3. The van der Waals surface area contributed by atoms with Gasteiger partial charge in [-0.2, -0.15) is 0 Å². The van der Waals surface area contributed by atoms with Crippen LogP contribution in [-0.2, 0) is 11.3 Å². The summed E-state index contributed by atoms with van der Waals surface area (Å²) in [6.07, 6.45) is 2.90. The van der Waals surface area contributed by atoms with Crippen molar-refractivity contribution in [2.75, 3.05) is 19.5 Å². The van der Waals surface area contributed by atoms with Gasteiger partial charge in [-0.1, -0.05) is 6.07 Å². The molecular weight excluding hydrogens is 386 g/mol. The van der Waals surface area contributed by atoms with Crippen LogP contribution >= 0.6 is 0 Å². The van der Waals surface area contributed by atoms with E-state index in [0.29, 0.717) is 22.9 Å². The van der Waals surface area contributed by atoms with Gasteiger partial charge in [0.25, 0.3) is 0 Å². The SMILES string of the molecule is COc1ccc(OC)c(NC(=O)Cn2ccn(-c3cc(C)cc(C)c3)c(=O)c2=O)c1. The number of hydrogen-bond acceptors (Lipinski definition) is 5. The Hall–Kier alpha value is -3.81. The number of methoxy groups -OCH3 is 2. The van der Waals surface area contributed by atoms with E-state index in [1.165, 1.54) is 31.2 Å². The first kappa shape index (κ1) is 20.9. The summed E-state index contributed by atoms with van der Waals surface area (Å²) < 4.78 is 12.7. The molecule has 1 amide bonds. The molecule has 0 spiro atoms. The molecule has 8 heteroatoms. The predicted molar refractivity (Wildman–Crippen MR) is 114 cm³/mol. The normalized spacial score (nSPS) is 10.5. The average Bonchev–Trinajstić information content (AvgIpc) is 2.70. The van der Waals surface area contributed by atoms with Crippen LogP contribution in [-0.4, -0.2) is 29.3 Å². The van der Waals surface area contributed by atoms with Crippen molar-refractivity contribution in [3.05, 3.63) is 80.6 Å². The number of ether oxygens (including phenoxy) is 2. The standard InChI is InChI=1S/C22H23N3O5/c1-14-9-15(2)11-16(10-14)25-8-7-24(21(27)22(25)28)13-20(26)23-18-12-17(29-3)5-6-19(18)30-4/h5-12H,13H2,1-4H3,(H,23,26). The van der Waals surface area contributed by atoms with Gasteiger partial charge in [-0.15, -0.1) is 0 Å². The lowest BCUT2D eigenvalue weighted by molar-refractivity contribution is -0.116. The molecule has 156 valence electrons. The topological polar surface area (TPSA) is 91.6 Å². The van der Waals surface area contributed by atoms with E-state index in [9.17, 15) is 14.4 Å². The van der Waals surface area contributed by atoms with Crippen LogP contribution < -0.4 is 25.9 Å². The second kappa shape index (κ2) is 8.69. The monoisotopic (exact) mass is 409 g/mol. The van der Waals surface area contributed by atoms with Crippen LogP contribution in [0.1, 0.15) is 11.1 Å². The molecule has 0 aliphatic carbocycles. The molecule has 1 N–H and O–H groups in total. The molecule has 1 aromatic heterocycles. The van der Waals surface area contributed by atoms with Crippen LogP contribution in [0.25, 0.3) is 5.69 Å². The molecule has 8 nitrogen and oxygen atoms in total. The van der Waals surface area contributed by atoms with E-state index < -0.39 is 17.0 Å². The average molecular weight is 409 g/mol. The third-order valence-corrected chi connectivity index (χ3v) is 4.54. The highest BCUT2D eigenvalue weighted by atomic mass is 16.5. The Bertz CT molecular complexity index is 1190. The van der Waals surface area contributed by atoms with Crippen molar-refractivity contribution < 1.29 is 14.3 Å². The summed E-state index contributed by atoms with van der Waals surface area (Å²) in [4.78, 5) is 37.6. The number of benzene rings is 2. The van der Waals surface area contributed by atoms with Crippen LogP contribution in [0.2, 0.25) is 0 Å². The highest BCUT2D eigenvalue weighted by Gasteiger charge is 2.13. The lowest BCUT2D eigenvalue weighted by Gasteiger charge is -2.13. The van der Waals surface area contributed by atoms with Crippen LogP contribution in [0.3, 0.4) is 0 Å². The van der Waals surface area contributed by atoms with Gasteiger partial charge in [0, 0.05) is 24.1 Å². The van der Waals surface area contributed by atoms with Gasteiger partial charge in [-0.3, -0.25) is 23.5 Å². The van der Waals surface area contributed by atoms with Gasteiger partial charge in [0.15, 0.2) is 0 Å². The van der Waals surface area contributed by atoms with Crippen LogP contribution in [0.5, 0.6) is 11.5 Å². The molecule has 0 aliphatic heterocycles. The van der Waals surface area contributed by atoms with Crippen molar-refractivity contribution in [3.8, 4) is 17.2 Å². The van der Waals surface area contributed by atoms with Crippen LogP contribution in [0, 0.1) is 13.8 Å². The van der Waals surface area contributed by atoms with Gasteiger partial charge in [0.05, 0.1) is 19.9 Å². The fraction of sp³-hybridized carbons (Fsp3) is 0.227. The highest BCUT2D eigenvalue weighted by molar-refractivity contribution is 5.92. The summed E-state index contributed by atoms with van der Waals surface area (Å²) in [6, 6.07) is 10.6. The molecule has 2 aromatic carbocycles. The Kier molecular flexibility index (Phi) is 6.06. The van der Waals surface area contributed by atoms with E-state index >= 15 is 0 Å². The molecule has 0 atom stereocenters. The molecular formula is C22H23N3O5. The Morgan fingerprint density at radius 1 is 0.933 bits per heavy atom. The maximum atomic E-state index is 12.6. The molecule has 0 aliphatic rings. The highest BCUT2D eigenvalue weighted by Crippen LogP contribution is 2.28. The number of nitrogens with one attached hydrogen (secondary N) is 1. The van der Waals surface area contributed by atoms with Gasteiger partial charge in [-0.05, 0) is 49.2 Å². The Morgan fingerprint density at radius 2 is 1.63 bits per heavy atom. The molecule has 1 heterocycles. The van der Waals surface area contributed by atoms with Crippen molar-refractivity contribution in [3.63, 3.8) is 0 Å². The Morgan fingerprint density at radius 3 is 2.27 bits per heavy atom. The molecule has 3 rings (SSSR count). The number of hydrogen-bond donors (Lipinski definition) is 1.